The summed E-state index contributed by atoms with van der Waals surface area (Å²) in [6.45, 7) is 6.72. The van der Waals surface area contributed by atoms with E-state index in [1.807, 2.05) is 15.9 Å². The number of H-pyrrole nitrogens is 1. The standard InChI is InChI=1S/C27H33N5OS/c1-14(2)24-25(17-8-15(3)27-28-13-29-32(27)12-17)31-21-11-23(34-26(21)24)16-4-6-18(7-5-16)30-20-9-19-10-22(20)33-19/h8,11-14,16,18-20,22,30-31H,4-7,9-10H2,1-3H3. The molecule has 6 nitrogen and oxygen atoms in total. The summed E-state index contributed by atoms with van der Waals surface area (Å²) >= 11 is 2.02. The van der Waals surface area contributed by atoms with E-state index in [4.69, 9.17) is 4.74 Å². The zero-order valence-corrected chi connectivity index (χ0v) is 21.0. The number of fused-ring (bicyclic) bond motifs is 3. The van der Waals surface area contributed by atoms with E-state index in [9.17, 15) is 0 Å². The minimum atomic E-state index is 0.446. The molecule has 4 fully saturated rings. The first kappa shape index (κ1) is 21.1. The van der Waals surface area contributed by atoms with Crippen LogP contribution in [0.15, 0.2) is 24.7 Å². The average molecular weight is 476 g/mol. The quantitative estimate of drug-likeness (QED) is 0.376. The first-order chi connectivity index (χ1) is 16.5. The number of aromatic nitrogens is 4. The second-order valence-electron chi connectivity index (χ2n) is 11.0. The summed E-state index contributed by atoms with van der Waals surface area (Å²) in [5.74, 6) is 1.14. The first-order valence-electron chi connectivity index (χ1n) is 12.9. The molecule has 178 valence electrons. The molecule has 2 N–H and O–H groups in total. The number of hydrogen-bond acceptors (Lipinski definition) is 5. The van der Waals surface area contributed by atoms with Gasteiger partial charge in [-0.3, -0.25) is 0 Å². The number of pyridine rings is 1. The normalized spacial score (nSPS) is 28.9. The Kier molecular flexibility index (Phi) is 4.90. The molecule has 2 bridgehead atoms. The summed E-state index contributed by atoms with van der Waals surface area (Å²) in [6, 6.07) is 5.95. The molecule has 6 heterocycles. The molecule has 0 radical (unpaired) electrons. The van der Waals surface area contributed by atoms with Crippen LogP contribution in [0.1, 0.15) is 80.2 Å². The average Bonchev–Trinajstić information content (AvgIpc) is 3.58. The highest BCUT2D eigenvalue weighted by Crippen LogP contribution is 2.45. The van der Waals surface area contributed by atoms with Crippen LogP contribution >= 0.6 is 11.3 Å². The van der Waals surface area contributed by atoms with Gasteiger partial charge >= 0.3 is 0 Å². The Morgan fingerprint density at radius 1 is 1.18 bits per heavy atom. The summed E-state index contributed by atoms with van der Waals surface area (Å²) in [5, 5.41) is 8.31. The lowest BCUT2D eigenvalue weighted by molar-refractivity contribution is -0.0709. The number of ether oxygens (including phenoxy) is 1. The van der Waals surface area contributed by atoms with Crippen molar-refractivity contribution in [1.82, 2.24) is 24.9 Å². The summed E-state index contributed by atoms with van der Waals surface area (Å²) in [6.07, 6.45) is 12.4. The molecule has 4 aliphatic rings. The van der Waals surface area contributed by atoms with Crippen molar-refractivity contribution in [3.63, 3.8) is 0 Å². The van der Waals surface area contributed by atoms with E-state index in [0.29, 0.717) is 36.1 Å². The monoisotopic (exact) mass is 475 g/mol. The number of nitrogens with one attached hydrogen (secondary N) is 2. The highest BCUT2D eigenvalue weighted by atomic mass is 32.1. The number of aryl methyl sites for hydroxylation is 1. The molecule has 2 saturated carbocycles. The van der Waals surface area contributed by atoms with Crippen LogP contribution in [-0.2, 0) is 4.74 Å². The molecule has 2 aliphatic heterocycles. The van der Waals surface area contributed by atoms with Gasteiger partial charge in [0.2, 0.25) is 0 Å². The van der Waals surface area contributed by atoms with Gasteiger partial charge in [-0.25, -0.2) is 9.50 Å². The SMILES string of the molecule is Cc1cc(-c2[nH]c3cc(C4CCC(NC5CC6CC5O6)CC4)sc3c2C(C)C)cn2ncnc12. The Hall–Kier alpha value is -2.22. The van der Waals surface area contributed by atoms with Crippen LogP contribution in [0, 0.1) is 6.92 Å². The Balaban J connectivity index is 1.14. The Morgan fingerprint density at radius 3 is 2.74 bits per heavy atom. The number of nitrogens with zero attached hydrogens (tertiary/aromatic N) is 3. The van der Waals surface area contributed by atoms with Gasteiger partial charge in [-0.2, -0.15) is 5.10 Å². The lowest BCUT2D eigenvalue weighted by atomic mass is 9.84. The molecular weight excluding hydrogens is 442 g/mol. The third-order valence-corrected chi connectivity index (χ3v) is 9.69. The van der Waals surface area contributed by atoms with E-state index in [1.165, 1.54) is 65.6 Å². The molecule has 7 heteroatoms. The lowest BCUT2D eigenvalue weighted by Gasteiger charge is -2.32. The largest absolute Gasteiger partial charge is 0.373 e. The van der Waals surface area contributed by atoms with E-state index in [1.54, 1.807) is 11.2 Å². The van der Waals surface area contributed by atoms with Gasteiger partial charge in [0.15, 0.2) is 5.65 Å². The van der Waals surface area contributed by atoms with Crippen molar-refractivity contribution in [2.45, 2.75) is 95.4 Å². The second kappa shape index (κ2) is 7.90. The number of thiophene rings is 1. The maximum Gasteiger partial charge on any atom is 0.158 e. The minimum absolute atomic E-state index is 0.446. The fraction of sp³-hybridized carbons (Fsp3) is 0.556. The maximum absolute atomic E-state index is 5.84. The molecule has 2 aliphatic carbocycles. The smallest absolute Gasteiger partial charge is 0.158 e. The molecule has 8 rings (SSSR count). The summed E-state index contributed by atoms with van der Waals surface area (Å²) in [7, 11) is 0. The Labute approximate surface area is 204 Å². The van der Waals surface area contributed by atoms with Crippen LogP contribution in [0.25, 0.3) is 27.1 Å². The van der Waals surface area contributed by atoms with Crippen LogP contribution in [0.2, 0.25) is 0 Å². The lowest BCUT2D eigenvalue weighted by Crippen LogP contribution is -2.44. The van der Waals surface area contributed by atoms with E-state index >= 15 is 0 Å². The van der Waals surface area contributed by atoms with Gasteiger partial charge in [0, 0.05) is 35.1 Å². The van der Waals surface area contributed by atoms with Gasteiger partial charge in [-0.15, -0.1) is 11.3 Å². The molecule has 2 saturated heterocycles. The fourth-order valence-electron chi connectivity index (χ4n) is 6.59. The van der Waals surface area contributed by atoms with Crippen LogP contribution in [-0.4, -0.2) is 43.9 Å². The number of aromatic amines is 1. The molecule has 0 amide bonds. The van der Waals surface area contributed by atoms with Gasteiger partial charge in [-0.05, 0) is 74.1 Å². The van der Waals surface area contributed by atoms with Crippen molar-refractivity contribution in [3.05, 3.63) is 40.7 Å². The van der Waals surface area contributed by atoms with Crippen LogP contribution in [0.5, 0.6) is 0 Å². The summed E-state index contributed by atoms with van der Waals surface area (Å²) in [4.78, 5) is 9.73. The van der Waals surface area contributed by atoms with Crippen molar-refractivity contribution in [2.24, 2.45) is 0 Å². The molecule has 0 aromatic carbocycles. The Morgan fingerprint density at radius 2 is 2.00 bits per heavy atom. The van der Waals surface area contributed by atoms with Crippen molar-refractivity contribution < 1.29 is 4.74 Å². The predicted octanol–water partition coefficient (Wildman–Crippen LogP) is 5.92. The molecule has 4 aromatic rings. The van der Waals surface area contributed by atoms with Gasteiger partial charge in [0.25, 0.3) is 0 Å². The minimum Gasteiger partial charge on any atom is -0.373 e. The molecular formula is C27H33N5OS. The van der Waals surface area contributed by atoms with Crippen LogP contribution < -0.4 is 5.32 Å². The van der Waals surface area contributed by atoms with Crippen molar-refractivity contribution >= 4 is 27.2 Å². The zero-order chi connectivity index (χ0) is 23.0. The number of hydrogen-bond donors (Lipinski definition) is 2. The topological polar surface area (TPSA) is 67.2 Å². The predicted molar refractivity (Wildman–Crippen MR) is 137 cm³/mol. The molecule has 34 heavy (non-hydrogen) atoms. The van der Waals surface area contributed by atoms with Crippen molar-refractivity contribution in [1.29, 1.82) is 0 Å². The number of rotatable bonds is 5. The molecule has 3 atom stereocenters. The molecule has 4 aromatic heterocycles. The van der Waals surface area contributed by atoms with Crippen molar-refractivity contribution in [2.75, 3.05) is 0 Å². The summed E-state index contributed by atoms with van der Waals surface area (Å²) in [5.41, 5.74) is 7.21. The van der Waals surface area contributed by atoms with Gasteiger partial charge in [0.1, 0.15) is 6.33 Å². The van der Waals surface area contributed by atoms with Crippen LogP contribution in [0.3, 0.4) is 0 Å². The highest BCUT2D eigenvalue weighted by Gasteiger charge is 2.46. The maximum atomic E-state index is 5.84. The van der Waals surface area contributed by atoms with Crippen molar-refractivity contribution in [3.8, 4) is 11.3 Å². The fourth-order valence-corrected chi connectivity index (χ4v) is 8.08. The van der Waals surface area contributed by atoms with Gasteiger partial charge < -0.3 is 15.0 Å². The first-order valence-corrected chi connectivity index (χ1v) is 13.7. The van der Waals surface area contributed by atoms with Gasteiger partial charge in [-0.1, -0.05) is 13.8 Å². The van der Waals surface area contributed by atoms with E-state index < -0.39 is 0 Å². The Bertz CT molecular complexity index is 1350. The molecule has 0 spiro atoms. The van der Waals surface area contributed by atoms with Gasteiger partial charge in [0.05, 0.1) is 28.1 Å². The van der Waals surface area contributed by atoms with Crippen LogP contribution in [0.4, 0.5) is 0 Å². The third kappa shape index (κ3) is 3.35. The summed E-state index contributed by atoms with van der Waals surface area (Å²) < 4.78 is 9.16. The van der Waals surface area contributed by atoms with E-state index in [-0.39, 0.29) is 0 Å². The third-order valence-electron chi connectivity index (χ3n) is 8.36. The zero-order valence-electron chi connectivity index (χ0n) is 20.2. The highest BCUT2D eigenvalue weighted by molar-refractivity contribution is 7.19. The second-order valence-corrected chi connectivity index (χ2v) is 12.1. The van der Waals surface area contributed by atoms with E-state index in [0.717, 1.165) is 11.2 Å². The molecule has 3 unspecified atom stereocenters. The van der Waals surface area contributed by atoms with E-state index in [2.05, 4.69) is 59.5 Å².